The Morgan fingerprint density at radius 3 is 2.90 bits per heavy atom. The number of anilines is 2. The summed E-state index contributed by atoms with van der Waals surface area (Å²) >= 11 is 0. The van der Waals surface area contributed by atoms with Crippen molar-refractivity contribution in [1.82, 2.24) is 4.98 Å². The molecule has 0 amide bonds. The SMILES string of the molecule is CCS(=O)(=O)CCNc1c(F)cc(N)c2cccnc12. The van der Waals surface area contributed by atoms with E-state index in [1.807, 2.05) is 0 Å². The van der Waals surface area contributed by atoms with Crippen LogP contribution in [0.3, 0.4) is 0 Å². The van der Waals surface area contributed by atoms with Crippen molar-refractivity contribution in [2.45, 2.75) is 6.92 Å². The van der Waals surface area contributed by atoms with Crippen molar-refractivity contribution in [3.8, 4) is 0 Å². The quantitative estimate of drug-likeness (QED) is 0.822. The molecule has 1 aromatic heterocycles. The predicted octanol–water partition coefficient (Wildman–Crippen LogP) is 1.80. The van der Waals surface area contributed by atoms with Crippen LogP contribution in [0.4, 0.5) is 15.8 Å². The predicted molar refractivity (Wildman–Crippen MR) is 78.9 cm³/mol. The highest BCUT2D eigenvalue weighted by atomic mass is 32.2. The number of pyridine rings is 1. The molecule has 0 spiro atoms. The fraction of sp³-hybridized carbons (Fsp3) is 0.308. The maximum Gasteiger partial charge on any atom is 0.151 e. The van der Waals surface area contributed by atoms with E-state index >= 15 is 0 Å². The summed E-state index contributed by atoms with van der Waals surface area (Å²) in [6.45, 7) is 1.71. The molecule has 20 heavy (non-hydrogen) atoms. The molecule has 0 saturated heterocycles. The maximum atomic E-state index is 14.0. The number of hydrogen-bond donors (Lipinski definition) is 2. The number of fused-ring (bicyclic) bond motifs is 1. The van der Waals surface area contributed by atoms with Crippen molar-refractivity contribution in [1.29, 1.82) is 0 Å². The van der Waals surface area contributed by atoms with Gasteiger partial charge in [-0.2, -0.15) is 0 Å². The van der Waals surface area contributed by atoms with Crippen molar-refractivity contribution in [2.75, 3.05) is 29.1 Å². The lowest BCUT2D eigenvalue weighted by molar-refractivity contribution is 0.597. The first kappa shape index (κ1) is 14.5. The maximum absolute atomic E-state index is 14.0. The minimum absolute atomic E-state index is 0.0539. The highest BCUT2D eigenvalue weighted by molar-refractivity contribution is 7.91. The standard InChI is InChI=1S/C13H16FN3O2S/c1-2-20(18,19)7-6-17-13-10(14)8-11(15)9-4-3-5-16-12(9)13/h3-5,8,17H,2,6-7,15H2,1H3. The van der Waals surface area contributed by atoms with Crippen LogP contribution in [0.1, 0.15) is 6.92 Å². The second-order valence-corrected chi connectivity index (χ2v) is 6.86. The summed E-state index contributed by atoms with van der Waals surface area (Å²) < 4.78 is 36.8. The Bertz CT molecular complexity index is 732. The summed E-state index contributed by atoms with van der Waals surface area (Å²) in [4.78, 5) is 4.11. The van der Waals surface area contributed by atoms with Crippen molar-refractivity contribution in [3.63, 3.8) is 0 Å². The van der Waals surface area contributed by atoms with E-state index in [1.54, 1.807) is 19.1 Å². The highest BCUT2D eigenvalue weighted by Gasteiger charge is 2.13. The average molecular weight is 297 g/mol. The molecule has 1 aromatic carbocycles. The van der Waals surface area contributed by atoms with E-state index in [2.05, 4.69) is 10.3 Å². The van der Waals surface area contributed by atoms with E-state index in [4.69, 9.17) is 5.73 Å². The smallest absolute Gasteiger partial charge is 0.151 e. The molecule has 0 aliphatic heterocycles. The van der Waals surface area contributed by atoms with E-state index in [-0.39, 0.29) is 23.7 Å². The van der Waals surface area contributed by atoms with Gasteiger partial charge in [0.1, 0.15) is 0 Å². The number of sulfone groups is 1. The van der Waals surface area contributed by atoms with E-state index in [0.717, 1.165) is 0 Å². The Morgan fingerprint density at radius 2 is 2.20 bits per heavy atom. The zero-order valence-corrected chi connectivity index (χ0v) is 11.9. The number of rotatable bonds is 5. The van der Waals surface area contributed by atoms with Crippen molar-refractivity contribution in [3.05, 3.63) is 30.2 Å². The van der Waals surface area contributed by atoms with E-state index in [1.165, 1.54) is 12.3 Å². The number of hydrogen-bond acceptors (Lipinski definition) is 5. The number of nitrogens with one attached hydrogen (secondary N) is 1. The lowest BCUT2D eigenvalue weighted by atomic mass is 10.1. The van der Waals surface area contributed by atoms with Gasteiger partial charge in [0.2, 0.25) is 0 Å². The highest BCUT2D eigenvalue weighted by Crippen LogP contribution is 2.29. The Labute approximate surface area is 116 Å². The van der Waals surface area contributed by atoms with Crippen LogP contribution in [-0.2, 0) is 9.84 Å². The number of nitrogens with zero attached hydrogens (tertiary/aromatic N) is 1. The first-order valence-electron chi connectivity index (χ1n) is 6.21. The number of benzene rings is 1. The largest absolute Gasteiger partial charge is 0.398 e. The minimum atomic E-state index is -3.09. The lowest BCUT2D eigenvalue weighted by Crippen LogP contribution is -2.18. The molecule has 7 heteroatoms. The van der Waals surface area contributed by atoms with Crippen LogP contribution in [0.2, 0.25) is 0 Å². The number of halogens is 1. The molecule has 1 heterocycles. The lowest BCUT2D eigenvalue weighted by Gasteiger charge is -2.11. The summed E-state index contributed by atoms with van der Waals surface area (Å²) in [5, 5.41) is 3.44. The van der Waals surface area contributed by atoms with Gasteiger partial charge >= 0.3 is 0 Å². The Balaban J connectivity index is 2.30. The van der Waals surface area contributed by atoms with Gasteiger partial charge in [-0.15, -0.1) is 0 Å². The van der Waals surface area contributed by atoms with Gasteiger partial charge in [-0.05, 0) is 18.2 Å². The summed E-state index contributed by atoms with van der Waals surface area (Å²) in [7, 11) is -3.09. The van der Waals surface area contributed by atoms with Crippen LogP contribution in [0.15, 0.2) is 24.4 Å². The average Bonchev–Trinajstić information content (AvgIpc) is 2.42. The molecule has 0 aliphatic carbocycles. The van der Waals surface area contributed by atoms with Gasteiger partial charge in [0.25, 0.3) is 0 Å². The summed E-state index contributed by atoms with van der Waals surface area (Å²) in [5.74, 6) is -0.526. The van der Waals surface area contributed by atoms with E-state index in [9.17, 15) is 12.8 Å². The van der Waals surface area contributed by atoms with Crippen LogP contribution in [-0.4, -0.2) is 31.5 Å². The van der Waals surface area contributed by atoms with Gasteiger partial charge in [0, 0.05) is 29.6 Å². The molecule has 0 unspecified atom stereocenters. The summed E-state index contributed by atoms with van der Waals surface area (Å²) in [6, 6.07) is 4.66. The molecule has 0 aliphatic rings. The van der Waals surface area contributed by atoms with E-state index < -0.39 is 15.7 Å². The third kappa shape index (κ3) is 2.98. The minimum Gasteiger partial charge on any atom is -0.398 e. The van der Waals surface area contributed by atoms with Crippen LogP contribution in [0, 0.1) is 5.82 Å². The summed E-state index contributed by atoms with van der Waals surface area (Å²) in [6.07, 6.45) is 1.54. The molecule has 5 nitrogen and oxygen atoms in total. The van der Waals surface area contributed by atoms with Crippen LogP contribution < -0.4 is 11.1 Å². The molecule has 2 aromatic rings. The number of nitrogens with two attached hydrogens (primary N) is 1. The third-order valence-electron chi connectivity index (χ3n) is 3.03. The fourth-order valence-electron chi connectivity index (χ4n) is 1.88. The zero-order valence-electron chi connectivity index (χ0n) is 11.1. The molecule has 2 rings (SSSR count). The van der Waals surface area contributed by atoms with Crippen LogP contribution in [0.25, 0.3) is 10.9 Å². The van der Waals surface area contributed by atoms with Crippen LogP contribution in [0.5, 0.6) is 0 Å². The van der Waals surface area contributed by atoms with Crippen molar-refractivity contribution < 1.29 is 12.8 Å². The molecule has 3 N–H and O–H groups in total. The van der Waals surface area contributed by atoms with Crippen LogP contribution >= 0.6 is 0 Å². The molecule has 0 saturated carbocycles. The van der Waals surface area contributed by atoms with Gasteiger partial charge < -0.3 is 11.1 Å². The molecule has 0 bridgehead atoms. The van der Waals surface area contributed by atoms with Gasteiger partial charge in [0.05, 0.1) is 17.0 Å². The van der Waals surface area contributed by atoms with Gasteiger partial charge in [-0.1, -0.05) is 6.92 Å². The van der Waals surface area contributed by atoms with Gasteiger partial charge in [-0.3, -0.25) is 4.98 Å². The second-order valence-electron chi connectivity index (χ2n) is 4.39. The molecule has 0 radical (unpaired) electrons. The Kier molecular flexibility index (Phi) is 4.08. The second kappa shape index (κ2) is 5.62. The molecular formula is C13H16FN3O2S. The monoisotopic (exact) mass is 297 g/mol. The van der Waals surface area contributed by atoms with Gasteiger partial charge in [-0.25, -0.2) is 12.8 Å². The molecule has 0 fully saturated rings. The first-order chi connectivity index (χ1) is 9.44. The van der Waals surface area contributed by atoms with Crippen molar-refractivity contribution >= 4 is 32.1 Å². The van der Waals surface area contributed by atoms with Crippen molar-refractivity contribution in [2.24, 2.45) is 0 Å². The third-order valence-corrected chi connectivity index (χ3v) is 4.74. The fourth-order valence-corrected chi connectivity index (χ4v) is 2.58. The molecule has 0 atom stereocenters. The first-order valence-corrected chi connectivity index (χ1v) is 8.03. The van der Waals surface area contributed by atoms with Gasteiger partial charge in [0.15, 0.2) is 15.7 Å². The Morgan fingerprint density at radius 1 is 1.45 bits per heavy atom. The number of aromatic nitrogens is 1. The van der Waals surface area contributed by atoms with E-state index in [0.29, 0.717) is 16.6 Å². The zero-order chi connectivity index (χ0) is 14.8. The molecule has 108 valence electrons. The topological polar surface area (TPSA) is 85.1 Å². The normalized spacial score (nSPS) is 11.7. The Hall–Kier alpha value is -1.89. The molecular weight excluding hydrogens is 281 g/mol. The summed E-state index contributed by atoms with van der Waals surface area (Å²) in [5.41, 5.74) is 6.63. The number of nitrogen functional groups attached to an aromatic ring is 1.